The number of aromatic amines is 1. The summed E-state index contributed by atoms with van der Waals surface area (Å²) in [4.78, 5) is 3.43. The molecule has 0 amide bonds. The number of benzene rings is 2. The van der Waals surface area contributed by atoms with E-state index in [2.05, 4.69) is 86.8 Å². The largest absolute Gasteiger partial charge is 0.244 e. The van der Waals surface area contributed by atoms with Gasteiger partial charge >= 0.3 is 0 Å². The molecule has 1 N–H and O–H groups in total. The van der Waals surface area contributed by atoms with Gasteiger partial charge in [0.25, 0.3) is 0 Å². The number of nitrogens with one attached hydrogen (secondary N) is 1. The molecule has 168 valence electrons. The highest BCUT2D eigenvalue weighted by atomic mass is 15.1. The number of H-pyrrole nitrogens is 1. The van der Waals surface area contributed by atoms with E-state index in [9.17, 15) is 0 Å². The highest BCUT2D eigenvalue weighted by Gasteiger charge is 2.21. The van der Waals surface area contributed by atoms with Gasteiger partial charge in [0.1, 0.15) is 0 Å². The van der Waals surface area contributed by atoms with Crippen LogP contribution in [-0.2, 0) is 19.6 Å². The predicted molar refractivity (Wildman–Crippen MR) is 130 cm³/mol. The van der Waals surface area contributed by atoms with Crippen molar-refractivity contribution in [2.45, 2.75) is 77.9 Å². The highest BCUT2D eigenvalue weighted by Crippen LogP contribution is 2.26. The number of imidazole rings is 2. The molecule has 5 rings (SSSR count). The Bertz CT molecular complexity index is 1140. The van der Waals surface area contributed by atoms with Crippen molar-refractivity contribution in [3.8, 4) is 0 Å². The molecule has 4 aromatic rings. The van der Waals surface area contributed by atoms with Gasteiger partial charge in [-0.1, -0.05) is 49.9 Å². The van der Waals surface area contributed by atoms with E-state index in [0.29, 0.717) is 0 Å². The van der Waals surface area contributed by atoms with Crippen LogP contribution in [0.4, 0.5) is 0 Å². The number of hydrogen-bond acceptors (Lipinski definition) is 0. The van der Waals surface area contributed by atoms with Gasteiger partial charge in [-0.15, -0.1) is 0 Å². The third-order valence-electron chi connectivity index (χ3n) is 7.57. The first-order valence-corrected chi connectivity index (χ1v) is 12.7. The topological polar surface area (TPSA) is 28.5 Å². The fourth-order valence-corrected chi connectivity index (χ4v) is 5.80. The molecule has 1 aliphatic carbocycles. The summed E-state index contributed by atoms with van der Waals surface area (Å²) < 4.78 is 7.35. The van der Waals surface area contributed by atoms with Crippen LogP contribution in [0.15, 0.2) is 61.2 Å². The van der Waals surface area contributed by atoms with Gasteiger partial charge in [-0.25, -0.2) is 18.7 Å². The number of hydrogen-bond donors (Lipinski definition) is 1. The molecule has 0 aliphatic heterocycles. The van der Waals surface area contributed by atoms with Gasteiger partial charge in [-0.3, -0.25) is 0 Å². The summed E-state index contributed by atoms with van der Waals surface area (Å²) in [5.74, 6) is 1.60. The molecule has 1 fully saturated rings. The van der Waals surface area contributed by atoms with Crippen LogP contribution in [0.25, 0.3) is 22.1 Å². The van der Waals surface area contributed by atoms with Crippen LogP contribution < -0.4 is 9.13 Å². The van der Waals surface area contributed by atoms with Crippen LogP contribution in [0.1, 0.15) is 58.3 Å². The standard InChI is InChI=1S/C28H37N4/c1-2-30-22-32(28-18-10-9-17-27(28)30)20-24-13-5-3-11-23(12-4-6-14-24)19-31-21-29-25-15-7-8-16-26(25)31/h7-10,15-18,21-24H,2-6,11-14,19-20H2,1H3/q+1/p+1. The molecule has 0 spiro atoms. The second kappa shape index (κ2) is 9.89. The molecule has 2 aromatic carbocycles. The average molecular weight is 431 g/mol. The van der Waals surface area contributed by atoms with E-state index in [4.69, 9.17) is 0 Å². The maximum Gasteiger partial charge on any atom is 0.244 e. The molecule has 1 aliphatic rings. The van der Waals surface area contributed by atoms with Crippen molar-refractivity contribution >= 4 is 22.1 Å². The Balaban J connectivity index is 1.20. The Kier molecular flexibility index (Phi) is 6.56. The van der Waals surface area contributed by atoms with Crippen molar-refractivity contribution < 1.29 is 9.13 Å². The van der Waals surface area contributed by atoms with Gasteiger partial charge in [-0.05, 0) is 68.7 Å². The van der Waals surface area contributed by atoms with E-state index in [1.54, 1.807) is 0 Å². The molecule has 0 bridgehead atoms. The monoisotopic (exact) mass is 430 g/mol. The van der Waals surface area contributed by atoms with Crippen molar-refractivity contribution in [2.75, 3.05) is 0 Å². The second-order valence-corrected chi connectivity index (χ2v) is 9.79. The minimum atomic E-state index is 0.799. The van der Waals surface area contributed by atoms with Crippen molar-refractivity contribution in [1.82, 2.24) is 9.55 Å². The second-order valence-electron chi connectivity index (χ2n) is 9.79. The molecule has 4 heteroatoms. The Hall–Kier alpha value is -2.62. The number of aromatic nitrogens is 4. The van der Waals surface area contributed by atoms with E-state index in [-0.39, 0.29) is 0 Å². The van der Waals surface area contributed by atoms with E-state index in [1.165, 1.54) is 80.0 Å². The lowest BCUT2D eigenvalue weighted by Crippen LogP contribution is -2.37. The number of para-hydroxylation sites is 4. The summed E-state index contributed by atoms with van der Waals surface area (Å²) in [5.41, 5.74) is 5.35. The molecule has 0 radical (unpaired) electrons. The zero-order valence-corrected chi connectivity index (χ0v) is 19.5. The smallest absolute Gasteiger partial charge is 0.243 e. The summed E-state index contributed by atoms with van der Waals surface area (Å²) in [6.45, 7) is 5.60. The van der Waals surface area contributed by atoms with Gasteiger partial charge in [-0.2, -0.15) is 0 Å². The van der Waals surface area contributed by atoms with E-state index in [1.807, 2.05) is 0 Å². The quantitative estimate of drug-likeness (QED) is 0.389. The summed E-state index contributed by atoms with van der Waals surface area (Å²) in [6.07, 6.45) is 15.4. The SMILES string of the molecule is CCn1c[n+](CC2CCCCC(C[n+]3c[nH]c4ccccc43)CCCC2)c2ccccc21. The van der Waals surface area contributed by atoms with Crippen molar-refractivity contribution in [2.24, 2.45) is 11.8 Å². The Labute approximate surface area is 191 Å². The first-order valence-electron chi connectivity index (χ1n) is 12.7. The number of nitrogens with zero attached hydrogens (tertiary/aromatic N) is 3. The van der Waals surface area contributed by atoms with Gasteiger partial charge in [0.2, 0.25) is 12.7 Å². The molecular formula is C28H38N4+2. The highest BCUT2D eigenvalue weighted by molar-refractivity contribution is 5.71. The fourth-order valence-electron chi connectivity index (χ4n) is 5.80. The zero-order chi connectivity index (χ0) is 21.8. The molecule has 0 saturated heterocycles. The lowest BCUT2D eigenvalue weighted by atomic mass is 9.88. The van der Waals surface area contributed by atoms with Crippen molar-refractivity contribution in [3.63, 3.8) is 0 Å². The van der Waals surface area contributed by atoms with E-state index < -0.39 is 0 Å². The van der Waals surface area contributed by atoms with E-state index in [0.717, 1.165) is 24.9 Å². The summed E-state index contributed by atoms with van der Waals surface area (Å²) in [7, 11) is 0. The lowest BCUT2D eigenvalue weighted by molar-refractivity contribution is -0.679. The number of aryl methyl sites for hydroxylation is 1. The predicted octanol–water partition coefficient (Wildman–Crippen LogP) is 5.78. The van der Waals surface area contributed by atoms with Crippen LogP contribution in [0, 0.1) is 11.8 Å². The molecule has 1 saturated carbocycles. The summed E-state index contributed by atoms with van der Waals surface area (Å²) in [5, 5.41) is 0. The molecule has 0 unspecified atom stereocenters. The Morgan fingerprint density at radius 3 is 2.06 bits per heavy atom. The molecule has 32 heavy (non-hydrogen) atoms. The normalized spacial score (nSPS) is 20.7. The van der Waals surface area contributed by atoms with Gasteiger partial charge < -0.3 is 0 Å². The average Bonchev–Trinajstić information content (AvgIpc) is 3.40. The Morgan fingerprint density at radius 2 is 1.38 bits per heavy atom. The zero-order valence-electron chi connectivity index (χ0n) is 19.5. The van der Waals surface area contributed by atoms with Crippen molar-refractivity contribution in [1.29, 1.82) is 0 Å². The molecular weight excluding hydrogens is 392 g/mol. The minimum Gasteiger partial charge on any atom is -0.243 e. The van der Waals surface area contributed by atoms with E-state index >= 15 is 0 Å². The maximum atomic E-state index is 3.43. The van der Waals surface area contributed by atoms with Crippen LogP contribution in [0.5, 0.6) is 0 Å². The fraction of sp³-hybridized carbons (Fsp3) is 0.500. The van der Waals surface area contributed by atoms with Crippen LogP contribution in [-0.4, -0.2) is 9.55 Å². The molecule has 2 heterocycles. The summed E-state index contributed by atoms with van der Waals surface area (Å²) in [6, 6.07) is 17.6. The van der Waals surface area contributed by atoms with Crippen molar-refractivity contribution in [3.05, 3.63) is 61.2 Å². The first-order chi connectivity index (χ1) is 15.8. The minimum absolute atomic E-state index is 0.799. The Morgan fingerprint density at radius 1 is 0.781 bits per heavy atom. The number of rotatable bonds is 5. The summed E-state index contributed by atoms with van der Waals surface area (Å²) >= 11 is 0. The van der Waals surface area contributed by atoms with Crippen LogP contribution in [0.2, 0.25) is 0 Å². The maximum absolute atomic E-state index is 3.43. The lowest BCUT2D eigenvalue weighted by Gasteiger charge is -2.21. The molecule has 4 nitrogen and oxygen atoms in total. The van der Waals surface area contributed by atoms with Crippen LogP contribution in [0.3, 0.4) is 0 Å². The van der Waals surface area contributed by atoms with Crippen LogP contribution >= 0.6 is 0 Å². The molecule has 2 aromatic heterocycles. The third-order valence-corrected chi connectivity index (χ3v) is 7.57. The number of fused-ring (bicyclic) bond motifs is 2. The van der Waals surface area contributed by atoms with Gasteiger partial charge in [0.15, 0.2) is 22.1 Å². The molecule has 0 atom stereocenters. The third kappa shape index (κ3) is 4.60. The van der Waals surface area contributed by atoms with Gasteiger partial charge in [0.05, 0.1) is 19.6 Å². The van der Waals surface area contributed by atoms with Gasteiger partial charge in [0, 0.05) is 0 Å². The first kappa shape index (κ1) is 21.2.